The Labute approximate surface area is 112 Å². The summed E-state index contributed by atoms with van der Waals surface area (Å²) >= 11 is 0. The highest BCUT2D eigenvalue weighted by atomic mass is 15.0. The number of para-hydroxylation sites is 1. The van der Waals surface area contributed by atoms with E-state index in [0.29, 0.717) is 0 Å². The first kappa shape index (κ1) is 11.5. The smallest absolute Gasteiger partial charge is 0.131 e. The fourth-order valence-corrected chi connectivity index (χ4v) is 2.18. The summed E-state index contributed by atoms with van der Waals surface area (Å²) in [5.74, 6) is 0.835. The van der Waals surface area contributed by atoms with Crippen LogP contribution in [0.15, 0.2) is 54.6 Å². The van der Waals surface area contributed by atoms with Crippen molar-refractivity contribution in [1.29, 1.82) is 0 Å². The van der Waals surface area contributed by atoms with E-state index in [1.807, 2.05) is 48.5 Å². The molecule has 19 heavy (non-hydrogen) atoms. The molecule has 0 radical (unpaired) electrons. The third-order valence-electron chi connectivity index (χ3n) is 3.08. The summed E-state index contributed by atoms with van der Waals surface area (Å²) in [4.78, 5) is 4.61. The van der Waals surface area contributed by atoms with Gasteiger partial charge in [-0.1, -0.05) is 24.3 Å². The summed E-state index contributed by atoms with van der Waals surface area (Å²) in [5, 5.41) is 4.47. The molecule has 0 aliphatic heterocycles. The number of nitrogens with one attached hydrogen (secondary N) is 1. The largest absolute Gasteiger partial charge is 0.399 e. The second-order valence-corrected chi connectivity index (χ2v) is 4.59. The zero-order valence-electron chi connectivity index (χ0n) is 10.7. The van der Waals surface area contributed by atoms with E-state index in [1.54, 1.807) is 0 Å². The standard InChI is InChI=1S/C16H15N3/c1-11-9-16(18-13-6-4-5-12(17)10-13)19-15-8-3-2-7-14(11)15/h2-10H,17H2,1H3,(H,18,19). The van der Waals surface area contributed by atoms with Crippen LogP contribution in [0.1, 0.15) is 5.56 Å². The van der Waals surface area contributed by atoms with Crippen molar-refractivity contribution in [3.8, 4) is 0 Å². The van der Waals surface area contributed by atoms with E-state index < -0.39 is 0 Å². The van der Waals surface area contributed by atoms with E-state index >= 15 is 0 Å². The van der Waals surface area contributed by atoms with Crippen molar-refractivity contribution in [2.75, 3.05) is 11.1 Å². The molecular weight excluding hydrogens is 234 g/mol. The molecule has 2 aromatic carbocycles. The molecule has 3 heteroatoms. The lowest BCUT2D eigenvalue weighted by atomic mass is 10.1. The third kappa shape index (κ3) is 2.36. The lowest BCUT2D eigenvalue weighted by molar-refractivity contribution is 1.34. The number of aryl methyl sites for hydroxylation is 1. The Morgan fingerprint density at radius 2 is 1.84 bits per heavy atom. The molecule has 0 amide bonds. The van der Waals surface area contributed by atoms with Gasteiger partial charge < -0.3 is 11.1 Å². The van der Waals surface area contributed by atoms with Crippen molar-refractivity contribution in [3.63, 3.8) is 0 Å². The molecule has 0 saturated heterocycles. The van der Waals surface area contributed by atoms with Crippen molar-refractivity contribution < 1.29 is 0 Å². The minimum Gasteiger partial charge on any atom is -0.399 e. The van der Waals surface area contributed by atoms with Gasteiger partial charge in [-0.15, -0.1) is 0 Å². The average Bonchev–Trinajstić information content (AvgIpc) is 2.39. The van der Waals surface area contributed by atoms with Gasteiger partial charge in [0.25, 0.3) is 0 Å². The van der Waals surface area contributed by atoms with Crippen LogP contribution in [-0.2, 0) is 0 Å². The van der Waals surface area contributed by atoms with Gasteiger partial charge in [0.1, 0.15) is 5.82 Å². The normalized spacial score (nSPS) is 10.6. The van der Waals surface area contributed by atoms with Crippen LogP contribution in [-0.4, -0.2) is 4.98 Å². The van der Waals surface area contributed by atoms with Gasteiger partial charge in [-0.25, -0.2) is 4.98 Å². The summed E-state index contributed by atoms with van der Waals surface area (Å²) in [5.41, 5.74) is 9.66. The van der Waals surface area contributed by atoms with Crippen LogP contribution in [0.2, 0.25) is 0 Å². The number of hydrogen-bond donors (Lipinski definition) is 2. The number of anilines is 3. The van der Waals surface area contributed by atoms with E-state index in [0.717, 1.165) is 22.7 Å². The van der Waals surface area contributed by atoms with Crippen molar-refractivity contribution in [3.05, 3.63) is 60.2 Å². The van der Waals surface area contributed by atoms with Crippen LogP contribution >= 0.6 is 0 Å². The molecule has 3 rings (SSSR count). The van der Waals surface area contributed by atoms with Crippen molar-refractivity contribution >= 4 is 28.1 Å². The van der Waals surface area contributed by atoms with Crippen molar-refractivity contribution in [1.82, 2.24) is 4.98 Å². The van der Waals surface area contributed by atoms with Gasteiger partial charge in [-0.3, -0.25) is 0 Å². The molecule has 94 valence electrons. The van der Waals surface area contributed by atoms with E-state index in [1.165, 1.54) is 10.9 Å². The third-order valence-corrected chi connectivity index (χ3v) is 3.08. The van der Waals surface area contributed by atoms with Crippen molar-refractivity contribution in [2.45, 2.75) is 6.92 Å². The first-order valence-electron chi connectivity index (χ1n) is 6.21. The van der Waals surface area contributed by atoms with Crippen LogP contribution in [0.25, 0.3) is 10.9 Å². The number of nitrogens with zero attached hydrogens (tertiary/aromatic N) is 1. The molecule has 0 saturated carbocycles. The Morgan fingerprint density at radius 1 is 1.00 bits per heavy atom. The van der Waals surface area contributed by atoms with Gasteiger partial charge in [-0.05, 0) is 42.8 Å². The van der Waals surface area contributed by atoms with Gasteiger partial charge in [0.2, 0.25) is 0 Å². The molecule has 3 nitrogen and oxygen atoms in total. The molecule has 1 heterocycles. The maximum Gasteiger partial charge on any atom is 0.131 e. The summed E-state index contributed by atoms with van der Waals surface area (Å²) in [6, 6.07) is 17.8. The number of nitrogen functional groups attached to an aromatic ring is 1. The Bertz CT molecular complexity index is 735. The lowest BCUT2D eigenvalue weighted by Crippen LogP contribution is -1.96. The highest BCUT2D eigenvalue weighted by Gasteiger charge is 2.02. The number of nitrogens with two attached hydrogens (primary N) is 1. The first-order chi connectivity index (χ1) is 9.22. The zero-order valence-corrected chi connectivity index (χ0v) is 10.7. The number of hydrogen-bond acceptors (Lipinski definition) is 3. The van der Waals surface area contributed by atoms with Gasteiger partial charge in [-0.2, -0.15) is 0 Å². The number of pyridine rings is 1. The monoisotopic (exact) mass is 249 g/mol. The van der Waals surface area contributed by atoms with Gasteiger partial charge in [0, 0.05) is 16.8 Å². The second-order valence-electron chi connectivity index (χ2n) is 4.59. The Hall–Kier alpha value is -2.55. The molecule has 0 spiro atoms. The average molecular weight is 249 g/mol. The minimum absolute atomic E-state index is 0.738. The molecular formula is C16H15N3. The van der Waals surface area contributed by atoms with E-state index in [9.17, 15) is 0 Å². The summed E-state index contributed by atoms with van der Waals surface area (Å²) in [6.45, 7) is 2.09. The molecule has 3 N–H and O–H groups in total. The molecule has 0 atom stereocenters. The molecule has 0 aliphatic rings. The Balaban J connectivity index is 2.02. The predicted molar refractivity (Wildman–Crippen MR) is 80.6 cm³/mol. The molecule has 0 aliphatic carbocycles. The number of aromatic nitrogens is 1. The molecule has 0 fully saturated rings. The molecule has 0 unspecified atom stereocenters. The predicted octanol–water partition coefficient (Wildman–Crippen LogP) is 3.87. The second kappa shape index (κ2) is 4.61. The fraction of sp³-hybridized carbons (Fsp3) is 0.0625. The fourth-order valence-electron chi connectivity index (χ4n) is 2.18. The number of fused-ring (bicyclic) bond motifs is 1. The first-order valence-corrected chi connectivity index (χ1v) is 6.21. The van der Waals surface area contributed by atoms with Crippen LogP contribution < -0.4 is 11.1 Å². The van der Waals surface area contributed by atoms with E-state index in [2.05, 4.69) is 23.3 Å². The van der Waals surface area contributed by atoms with Crippen molar-refractivity contribution in [2.24, 2.45) is 0 Å². The highest BCUT2D eigenvalue weighted by molar-refractivity contribution is 5.84. The maximum atomic E-state index is 5.77. The Morgan fingerprint density at radius 3 is 2.68 bits per heavy atom. The quantitative estimate of drug-likeness (QED) is 0.678. The van der Waals surface area contributed by atoms with E-state index in [-0.39, 0.29) is 0 Å². The topological polar surface area (TPSA) is 50.9 Å². The SMILES string of the molecule is Cc1cc(Nc2cccc(N)c2)nc2ccccc12. The van der Waals surface area contributed by atoms with Gasteiger partial charge >= 0.3 is 0 Å². The summed E-state index contributed by atoms with van der Waals surface area (Å²) in [6.07, 6.45) is 0. The molecule has 0 bridgehead atoms. The number of benzene rings is 2. The van der Waals surface area contributed by atoms with Crippen LogP contribution in [0, 0.1) is 6.92 Å². The molecule has 1 aromatic heterocycles. The molecule has 3 aromatic rings. The van der Waals surface area contributed by atoms with Crippen LogP contribution in [0.5, 0.6) is 0 Å². The summed E-state index contributed by atoms with van der Waals surface area (Å²) in [7, 11) is 0. The number of rotatable bonds is 2. The lowest BCUT2D eigenvalue weighted by Gasteiger charge is -2.09. The summed E-state index contributed by atoms with van der Waals surface area (Å²) < 4.78 is 0. The zero-order chi connectivity index (χ0) is 13.2. The Kier molecular flexibility index (Phi) is 2.80. The van der Waals surface area contributed by atoms with Crippen LogP contribution in [0.4, 0.5) is 17.2 Å². The minimum atomic E-state index is 0.738. The van der Waals surface area contributed by atoms with Gasteiger partial charge in [0.05, 0.1) is 5.52 Å². The van der Waals surface area contributed by atoms with Gasteiger partial charge in [0.15, 0.2) is 0 Å². The highest BCUT2D eigenvalue weighted by Crippen LogP contribution is 2.23. The van der Waals surface area contributed by atoms with Crippen LogP contribution in [0.3, 0.4) is 0 Å². The van der Waals surface area contributed by atoms with E-state index in [4.69, 9.17) is 5.73 Å². The maximum absolute atomic E-state index is 5.77.